The molecule has 1 aromatic rings. The zero-order valence-corrected chi connectivity index (χ0v) is 11.4. The quantitative estimate of drug-likeness (QED) is 0.448. The van der Waals surface area contributed by atoms with Gasteiger partial charge in [0.1, 0.15) is 5.78 Å². The molecular formula is C15H18O4. The Labute approximate surface area is 112 Å². The molecule has 1 aromatic carbocycles. The minimum atomic E-state index is -0.985. The molecule has 0 spiro atoms. The highest BCUT2D eigenvalue weighted by molar-refractivity contribution is 6.12. The second-order valence-electron chi connectivity index (χ2n) is 4.36. The van der Waals surface area contributed by atoms with Gasteiger partial charge in [0.2, 0.25) is 0 Å². The van der Waals surface area contributed by atoms with Gasteiger partial charge < -0.3 is 4.74 Å². The monoisotopic (exact) mass is 262 g/mol. The number of ketones is 2. The van der Waals surface area contributed by atoms with Crippen LogP contribution in [-0.2, 0) is 14.3 Å². The van der Waals surface area contributed by atoms with Crippen LogP contribution in [0.25, 0.3) is 0 Å². The lowest BCUT2D eigenvalue weighted by molar-refractivity contribution is -0.150. The molecule has 0 fully saturated rings. The molecule has 102 valence electrons. The van der Waals surface area contributed by atoms with Gasteiger partial charge in [-0.3, -0.25) is 14.4 Å². The molecule has 0 radical (unpaired) electrons. The Bertz CT molecular complexity index is 464. The molecule has 0 bridgehead atoms. The van der Waals surface area contributed by atoms with E-state index >= 15 is 0 Å². The van der Waals surface area contributed by atoms with Gasteiger partial charge in [-0.15, -0.1) is 0 Å². The highest BCUT2D eigenvalue weighted by Gasteiger charge is 2.35. The van der Waals surface area contributed by atoms with Crippen LogP contribution in [-0.4, -0.2) is 24.1 Å². The standard InChI is InChI=1S/C15H18O4/c1-4-19-15(18)10(2)13(11(3)16)14(17)12-8-6-5-7-9-12/h5-10,13H,4H2,1-3H3/t10-,13+/m0/s1. The van der Waals surface area contributed by atoms with E-state index in [1.807, 2.05) is 0 Å². The van der Waals surface area contributed by atoms with Crippen LogP contribution < -0.4 is 0 Å². The first-order valence-electron chi connectivity index (χ1n) is 6.25. The summed E-state index contributed by atoms with van der Waals surface area (Å²) >= 11 is 0. The molecule has 0 aliphatic rings. The fraction of sp³-hybridized carbons (Fsp3) is 0.400. The molecule has 0 unspecified atom stereocenters. The van der Waals surface area contributed by atoms with Crippen LogP contribution >= 0.6 is 0 Å². The SMILES string of the molecule is CCOC(=O)[C@@H](C)[C@H](C(C)=O)C(=O)c1ccccc1. The van der Waals surface area contributed by atoms with Crippen molar-refractivity contribution in [3.8, 4) is 0 Å². The first-order chi connectivity index (χ1) is 8.99. The molecule has 0 saturated heterocycles. The Hall–Kier alpha value is -1.97. The number of carbonyl (C=O) groups excluding carboxylic acids is 3. The molecule has 1 rings (SSSR count). The van der Waals surface area contributed by atoms with Gasteiger partial charge in [-0.1, -0.05) is 37.3 Å². The third-order valence-electron chi connectivity index (χ3n) is 2.94. The zero-order chi connectivity index (χ0) is 14.4. The topological polar surface area (TPSA) is 60.4 Å². The maximum atomic E-state index is 12.3. The average molecular weight is 262 g/mol. The van der Waals surface area contributed by atoms with E-state index in [1.54, 1.807) is 44.2 Å². The summed E-state index contributed by atoms with van der Waals surface area (Å²) in [6, 6.07) is 8.50. The van der Waals surface area contributed by atoms with E-state index < -0.39 is 17.8 Å². The predicted octanol–water partition coefficient (Wildman–Crippen LogP) is 2.27. The second-order valence-corrected chi connectivity index (χ2v) is 4.36. The molecule has 0 aliphatic carbocycles. The lowest BCUT2D eigenvalue weighted by Gasteiger charge is -2.19. The van der Waals surface area contributed by atoms with E-state index in [4.69, 9.17) is 4.74 Å². The van der Waals surface area contributed by atoms with Gasteiger partial charge in [0.25, 0.3) is 0 Å². The van der Waals surface area contributed by atoms with Gasteiger partial charge in [-0.25, -0.2) is 0 Å². The van der Waals surface area contributed by atoms with Crippen molar-refractivity contribution in [3.63, 3.8) is 0 Å². The van der Waals surface area contributed by atoms with Crippen molar-refractivity contribution in [1.29, 1.82) is 0 Å². The highest BCUT2D eigenvalue weighted by atomic mass is 16.5. The molecule has 4 nitrogen and oxygen atoms in total. The van der Waals surface area contributed by atoms with Crippen LogP contribution in [0.5, 0.6) is 0 Å². The third-order valence-corrected chi connectivity index (χ3v) is 2.94. The van der Waals surface area contributed by atoms with Gasteiger partial charge in [0, 0.05) is 5.56 Å². The molecule has 19 heavy (non-hydrogen) atoms. The molecule has 0 aromatic heterocycles. The van der Waals surface area contributed by atoms with Crippen LogP contribution in [0.3, 0.4) is 0 Å². The van der Waals surface area contributed by atoms with E-state index in [2.05, 4.69) is 0 Å². The Kier molecular flexibility index (Phi) is 5.42. The van der Waals surface area contributed by atoms with Crippen molar-refractivity contribution in [2.45, 2.75) is 20.8 Å². The highest BCUT2D eigenvalue weighted by Crippen LogP contribution is 2.20. The van der Waals surface area contributed by atoms with Crippen molar-refractivity contribution < 1.29 is 19.1 Å². The third kappa shape index (κ3) is 3.74. The summed E-state index contributed by atoms with van der Waals surface area (Å²) in [4.78, 5) is 35.7. The molecular weight excluding hydrogens is 244 g/mol. The first kappa shape index (κ1) is 15.1. The summed E-state index contributed by atoms with van der Waals surface area (Å²) in [6.45, 7) is 4.78. The lowest BCUT2D eigenvalue weighted by Crippen LogP contribution is -2.34. The summed E-state index contributed by atoms with van der Waals surface area (Å²) in [7, 11) is 0. The molecule has 4 heteroatoms. The maximum Gasteiger partial charge on any atom is 0.309 e. The van der Waals surface area contributed by atoms with Crippen LogP contribution in [0.15, 0.2) is 30.3 Å². The van der Waals surface area contributed by atoms with Crippen LogP contribution in [0.4, 0.5) is 0 Å². The fourth-order valence-corrected chi connectivity index (χ4v) is 1.96. The van der Waals surface area contributed by atoms with Gasteiger partial charge in [0.15, 0.2) is 5.78 Å². The Balaban J connectivity index is 2.98. The number of hydrogen-bond acceptors (Lipinski definition) is 4. The van der Waals surface area contributed by atoms with E-state index in [9.17, 15) is 14.4 Å². The van der Waals surface area contributed by atoms with E-state index in [-0.39, 0.29) is 18.2 Å². The van der Waals surface area contributed by atoms with Crippen molar-refractivity contribution in [2.24, 2.45) is 11.8 Å². The number of Topliss-reactive ketones (excluding diaryl/α,β-unsaturated/α-hetero) is 2. The van der Waals surface area contributed by atoms with E-state index in [0.717, 1.165) is 0 Å². The normalized spacial score (nSPS) is 13.4. The molecule has 0 amide bonds. The summed E-state index contributed by atoms with van der Waals surface area (Å²) in [5.74, 6) is -2.94. The van der Waals surface area contributed by atoms with E-state index in [0.29, 0.717) is 5.56 Å². The Morgan fingerprint density at radius 3 is 2.21 bits per heavy atom. The van der Waals surface area contributed by atoms with E-state index in [1.165, 1.54) is 6.92 Å². The minimum absolute atomic E-state index is 0.229. The number of rotatable bonds is 6. The summed E-state index contributed by atoms with van der Waals surface area (Å²) in [5, 5.41) is 0. The molecule has 0 heterocycles. The van der Waals surface area contributed by atoms with Crippen molar-refractivity contribution in [3.05, 3.63) is 35.9 Å². The van der Waals surface area contributed by atoms with Crippen molar-refractivity contribution >= 4 is 17.5 Å². The number of ether oxygens (including phenoxy) is 1. The summed E-state index contributed by atoms with van der Waals surface area (Å²) in [5.41, 5.74) is 0.429. The van der Waals surface area contributed by atoms with Crippen LogP contribution in [0.2, 0.25) is 0 Å². The number of benzene rings is 1. The molecule has 2 atom stereocenters. The largest absolute Gasteiger partial charge is 0.466 e. The minimum Gasteiger partial charge on any atom is -0.466 e. The Morgan fingerprint density at radius 2 is 1.74 bits per heavy atom. The molecule has 0 N–H and O–H groups in total. The maximum absolute atomic E-state index is 12.3. The lowest BCUT2D eigenvalue weighted by atomic mass is 9.84. The number of esters is 1. The van der Waals surface area contributed by atoms with Crippen LogP contribution in [0.1, 0.15) is 31.1 Å². The van der Waals surface area contributed by atoms with Crippen molar-refractivity contribution in [1.82, 2.24) is 0 Å². The fourth-order valence-electron chi connectivity index (χ4n) is 1.96. The number of hydrogen-bond donors (Lipinski definition) is 0. The predicted molar refractivity (Wildman–Crippen MR) is 70.7 cm³/mol. The Morgan fingerprint density at radius 1 is 1.16 bits per heavy atom. The smallest absolute Gasteiger partial charge is 0.309 e. The first-order valence-corrected chi connectivity index (χ1v) is 6.25. The average Bonchev–Trinajstić information content (AvgIpc) is 2.39. The van der Waals surface area contributed by atoms with Crippen LogP contribution in [0, 0.1) is 11.8 Å². The molecule has 0 saturated carbocycles. The molecule has 0 aliphatic heterocycles. The van der Waals surface area contributed by atoms with Crippen molar-refractivity contribution in [2.75, 3.05) is 6.61 Å². The van der Waals surface area contributed by atoms with Gasteiger partial charge in [-0.05, 0) is 13.8 Å². The zero-order valence-electron chi connectivity index (χ0n) is 11.4. The summed E-state index contributed by atoms with van der Waals surface area (Å²) < 4.78 is 4.88. The second kappa shape index (κ2) is 6.83. The van der Waals surface area contributed by atoms with Gasteiger partial charge in [-0.2, -0.15) is 0 Å². The van der Waals surface area contributed by atoms with Gasteiger partial charge in [0.05, 0.1) is 18.4 Å². The number of carbonyl (C=O) groups is 3. The van der Waals surface area contributed by atoms with Gasteiger partial charge >= 0.3 is 5.97 Å². The summed E-state index contributed by atoms with van der Waals surface area (Å²) in [6.07, 6.45) is 0.